The first kappa shape index (κ1) is 21.0. The van der Waals surface area contributed by atoms with Crippen molar-refractivity contribution in [3.05, 3.63) is 24.3 Å². The normalized spacial score (nSPS) is 19.2. The molecule has 0 saturated carbocycles. The van der Waals surface area contributed by atoms with E-state index in [0.29, 0.717) is 25.4 Å². The van der Waals surface area contributed by atoms with E-state index in [2.05, 4.69) is 10.1 Å². The maximum absolute atomic E-state index is 12.4. The molecule has 1 aromatic carbocycles. The van der Waals surface area contributed by atoms with Crippen LogP contribution in [0, 0.1) is 5.92 Å². The second kappa shape index (κ2) is 9.07. The molecule has 0 aliphatic carbocycles. The standard InChI is InChI=1S/C18H23F3N2O4/c1-3-26-17(25)13-5-4-10-23(11-13)12(2)16(24)22-14-6-8-15(9-7-14)27-18(19,20)21/h6-9,12-13H,3-5,10-11H2,1-2H3,(H,22,24)/t12-,13-/m1/s1. The van der Waals surface area contributed by atoms with Gasteiger partial charge >= 0.3 is 12.3 Å². The van der Waals surface area contributed by atoms with E-state index >= 15 is 0 Å². The van der Waals surface area contributed by atoms with Crippen LogP contribution in [0.3, 0.4) is 0 Å². The third-order valence-electron chi connectivity index (χ3n) is 4.36. The van der Waals surface area contributed by atoms with Crippen LogP contribution in [0.5, 0.6) is 5.75 Å². The van der Waals surface area contributed by atoms with E-state index in [1.807, 2.05) is 4.90 Å². The number of ether oxygens (including phenoxy) is 2. The Morgan fingerprint density at radius 1 is 1.30 bits per heavy atom. The number of halogens is 3. The molecule has 1 fully saturated rings. The molecule has 0 unspecified atom stereocenters. The molecule has 1 aliphatic rings. The average molecular weight is 388 g/mol. The molecule has 0 radical (unpaired) electrons. The van der Waals surface area contributed by atoms with Crippen molar-refractivity contribution in [2.45, 2.75) is 39.1 Å². The van der Waals surface area contributed by atoms with Crippen LogP contribution >= 0.6 is 0 Å². The largest absolute Gasteiger partial charge is 0.573 e. The van der Waals surface area contributed by atoms with E-state index in [-0.39, 0.29) is 23.5 Å². The van der Waals surface area contributed by atoms with Gasteiger partial charge in [0.2, 0.25) is 5.91 Å². The van der Waals surface area contributed by atoms with Crippen LogP contribution in [0.1, 0.15) is 26.7 Å². The van der Waals surface area contributed by atoms with Crippen molar-refractivity contribution in [2.24, 2.45) is 5.92 Å². The van der Waals surface area contributed by atoms with Gasteiger partial charge in [0.25, 0.3) is 0 Å². The van der Waals surface area contributed by atoms with Crippen LogP contribution < -0.4 is 10.1 Å². The summed E-state index contributed by atoms with van der Waals surface area (Å²) in [6, 6.07) is 4.44. The van der Waals surface area contributed by atoms with Crippen LogP contribution in [0.2, 0.25) is 0 Å². The number of piperidine rings is 1. The molecular formula is C18H23F3N2O4. The number of amides is 1. The minimum Gasteiger partial charge on any atom is -0.466 e. The zero-order valence-electron chi connectivity index (χ0n) is 15.2. The predicted octanol–water partition coefficient (Wildman–Crippen LogP) is 3.19. The van der Waals surface area contributed by atoms with Crippen molar-refractivity contribution < 1.29 is 32.2 Å². The van der Waals surface area contributed by atoms with Gasteiger partial charge in [0.05, 0.1) is 18.6 Å². The third kappa shape index (κ3) is 6.42. The Balaban J connectivity index is 1.92. The highest BCUT2D eigenvalue weighted by Crippen LogP contribution is 2.24. The Labute approximate surface area is 155 Å². The molecule has 27 heavy (non-hydrogen) atoms. The summed E-state index contributed by atoms with van der Waals surface area (Å²) in [5, 5.41) is 2.66. The Morgan fingerprint density at radius 2 is 1.96 bits per heavy atom. The van der Waals surface area contributed by atoms with Crippen LogP contribution in [-0.4, -0.2) is 48.9 Å². The number of carbonyl (C=O) groups excluding carboxylic acids is 2. The molecule has 150 valence electrons. The number of likely N-dealkylation sites (tertiary alicyclic amines) is 1. The van der Waals surface area contributed by atoms with Crippen LogP contribution in [0.4, 0.5) is 18.9 Å². The summed E-state index contributed by atoms with van der Waals surface area (Å²) in [4.78, 5) is 26.3. The molecule has 1 aliphatic heterocycles. The fourth-order valence-corrected chi connectivity index (χ4v) is 2.96. The number of rotatable bonds is 6. The second-order valence-electron chi connectivity index (χ2n) is 6.32. The fraction of sp³-hybridized carbons (Fsp3) is 0.556. The van der Waals surface area contributed by atoms with Gasteiger partial charge in [-0.2, -0.15) is 0 Å². The molecule has 1 heterocycles. The molecule has 2 atom stereocenters. The summed E-state index contributed by atoms with van der Waals surface area (Å²) in [5.74, 6) is -1.17. The quantitative estimate of drug-likeness (QED) is 0.758. The molecule has 1 amide bonds. The summed E-state index contributed by atoms with van der Waals surface area (Å²) in [7, 11) is 0. The molecule has 0 spiro atoms. The molecule has 9 heteroatoms. The van der Waals surface area contributed by atoms with Gasteiger partial charge in [0.15, 0.2) is 0 Å². The minimum atomic E-state index is -4.76. The number of hydrogen-bond acceptors (Lipinski definition) is 5. The highest BCUT2D eigenvalue weighted by Gasteiger charge is 2.32. The molecule has 0 bridgehead atoms. The SMILES string of the molecule is CCOC(=O)[C@@H]1CCCN([C@H](C)C(=O)Nc2ccc(OC(F)(F)F)cc2)C1. The lowest BCUT2D eigenvalue weighted by Gasteiger charge is -2.35. The summed E-state index contributed by atoms with van der Waals surface area (Å²) >= 11 is 0. The van der Waals surface area contributed by atoms with Gasteiger partial charge in [-0.05, 0) is 57.5 Å². The number of carbonyl (C=O) groups is 2. The van der Waals surface area contributed by atoms with Gasteiger partial charge in [0.1, 0.15) is 5.75 Å². The number of benzene rings is 1. The third-order valence-corrected chi connectivity index (χ3v) is 4.36. The van der Waals surface area contributed by atoms with Crippen molar-refractivity contribution >= 4 is 17.6 Å². The number of alkyl halides is 3. The monoisotopic (exact) mass is 388 g/mol. The van der Waals surface area contributed by atoms with Crippen LogP contribution in [0.25, 0.3) is 0 Å². The van der Waals surface area contributed by atoms with E-state index in [9.17, 15) is 22.8 Å². The molecule has 2 rings (SSSR count). The Bertz CT molecular complexity index is 649. The number of nitrogens with zero attached hydrogens (tertiary/aromatic N) is 1. The topological polar surface area (TPSA) is 67.9 Å². The van der Waals surface area contributed by atoms with E-state index in [4.69, 9.17) is 4.74 Å². The van der Waals surface area contributed by atoms with E-state index < -0.39 is 12.4 Å². The van der Waals surface area contributed by atoms with E-state index in [1.165, 1.54) is 12.1 Å². The molecule has 6 nitrogen and oxygen atoms in total. The maximum Gasteiger partial charge on any atom is 0.573 e. The average Bonchev–Trinajstić information content (AvgIpc) is 2.62. The van der Waals surface area contributed by atoms with Gasteiger partial charge in [-0.1, -0.05) is 0 Å². The number of nitrogens with one attached hydrogen (secondary N) is 1. The lowest BCUT2D eigenvalue weighted by atomic mass is 9.97. The zero-order valence-corrected chi connectivity index (χ0v) is 15.2. The summed E-state index contributed by atoms with van der Waals surface area (Å²) in [6.45, 7) is 4.91. The van der Waals surface area contributed by atoms with Gasteiger partial charge < -0.3 is 14.8 Å². The van der Waals surface area contributed by atoms with Crippen molar-refractivity contribution in [3.63, 3.8) is 0 Å². The van der Waals surface area contributed by atoms with Crippen LogP contribution in [0.15, 0.2) is 24.3 Å². The second-order valence-corrected chi connectivity index (χ2v) is 6.32. The fourth-order valence-electron chi connectivity index (χ4n) is 2.96. The predicted molar refractivity (Wildman–Crippen MR) is 92.1 cm³/mol. The Kier molecular flexibility index (Phi) is 7.06. The van der Waals surface area contributed by atoms with Crippen molar-refractivity contribution in [3.8, 4) is 5.75 Å². The lowest BCUT2D eigenvalue weighted by Crippen LogP contribution is -2.48. The highest BCUT2D eigenvalue weighted by atomic mass is 19.4. The number of hydrogen-bond donors (Lipinski definition) is 1. The van der Waals surface area contributed by atoms with Gasteiger partial charge in [-0.25, -0.2) is 0 Å². The minimum absolute atomic E-state index is 0.255. The molecular weight excluding hydrogens is 365 g/mol. The number of anilines is 1. The molecule has 1 N–H and O–H groups in total. The molecule has 1 aromatic rings. The first-order valence-electron chi connectivity index (χ1n) is 8.77. The van der Waals surface area contributed by atoms with Gasteiger partial charge in [-0.3, -0.25) is 14.5 Å². The summed E-state index contributed by atoms with van der Waals surface area (Å²) in [5.41, 5.74) is 0.361. The van der Waals surface area contributed by atoms with Crippen LogP contribution in [-0.2, 0) is 14.3 Å². The van der Waals surface area contributed by atoms with E-state index in [1.54, 1.807) is 13.8 Å². The smallest absolute Gasteiger partial charge is 0.466 e. The maximum atomic E-state index is 12.4. The lowest BCUT2D eigenvalue weighted by molar-refractivity contribution is -0.274. The van der Waals surface area contributed by atoms with E-state index in [0.717, 1.165) is 25.0 Å². The Morgan fingerprint density at radius 3 is 2.56 bits per heavy atom. The first-order chi connectivity index (χ1) is 12.7. The van der Waals surface area contributed by atoms with Crippen molar-refractivity contribution in [1.82, 2.24) is 4.90 Å². The van der Waals surface area contributed by atoms with Crippen molar-refractivity contribution in [1.29, 1.82) is 0 Å². The summed E-state index contributed by atoms with van der Waals surface area (Å²) in [6.07, 6.45) is -3.25. The highest BCUT2D eigenvalue weighted by molar-refractivity contribution is 5.94. The van der Waals surface area contributed by atoms with Gasteiger partial charge in [0, 0.05) is 12.2 Å². The summed E-state index contributed by atoms with van der Waals surface area (Å²) < 4.78 is 45.4. The number of esters is 1. The first-order valence-corrected chi connectivity index (χ1v) is 8.77. The zero-order chi connectivity index (χ0) is 20.0. The molecule has 0 aromatic heterocycles. The van der Waals surface area contributed by atoms with Crippen molar-refractivity contribution in [2.75, 3.05) is 25.0 Å². The van der Waals surface area contributed by atoms with Gasteiger partial charge in [-0.15, -0.1) is 13.2 Å². The Hall–Kier alpha value is -2.29. The molecule has 1 saturated heterocycles.